The van der Waals surface area contributed by atoms with Crippen LogP contribution in [0.2, 0.25) is 0 Å². The van der Waals surface area contributed by atoms with Gasteiger partial charge < -0.3 is 9.64 Å². The van der Waals surface area contributed by atoms with Crippen LogP contribution in [0.15, 0.2) is 0 Å². The zero-order valence-electron chi connectivity index (χ0n) is 10.7. The Morgan fingerprint density at radius 2 is 1.75 bits per heavy atom. The smallest absolute Gasteiger partial charge is 0.320 e. The number of ether oxygens (including phenoxy) is 1. The lowest BCUT2D eigenvalue weighted by Crippen LogP contribution is -2.48. The number of rotatable bonds is 5. The first-order chi connectivity index (χ1) is 7.61. The molecule has 4 nitrogen and oxygen atoms in total. The Hall–Kier alpha value is -0.610. The molecule has 1 saturated heterocycles. The van der Waals surface area contributed by atoms with Crippen molar-refractivity contribution >= 4 is 5.97 Å². The van der Waals surface area contributed by atoms with Crippen molar-refractivity contribution in [3.05, 3.63) is 0 Å². The van der Waals surface area contributed by atoms with Crippen LogP contribution in [0.3, 0.4) is 0 Å². The van der Waals surface area contributed by atoms with Crippen molar-refractivity contribution in [1.82, 2.24) is 9.80 Å². The number of carbonyl (C=O) groups is 1. The quantitative estimate of drug-likeness (QED) is 0.652. The fraction of sp³-hybridized carbons (Fsp3) is 0.917. The molecule has 94 valence electrons. The second-order valence-corrected chi connectivity index (χ2v) is 4.78. The van der Waals surface area contributed by atoms with Crippen molar-refractivity contribution in [3.8, 4) is 0 Å². The molecule has 0 aromatic carbocycles. The van der Waals surface area contributed by atoms with Crippen LogP contribution in [-0.4, -0.2) is 61.6 Å². The summed E-state index contributed by atoms with van der Waals surface area (Å²) in [6, 6.07) is 0. The summed E-state index contributed by atoms with van der Waals surface area (Å²) in [6.07, 6.45) is 0. The van der Waals surface area contributed by atoms with Gasteiger partial charge in [-0.05, 0) is 12.8 Å². The molecule has 1 rings (SSSR count). The number of nitrogens with zero attached hydrogens (tertiary/aromatic N) is 2. The molecule has 0 unspecified atom stereocenters. The monoisotopic (exact) mass is 228 g/mol. The van der Waals surface area contributed by atoms with Crippen molar-refractivity contribution in [2.24, 2.45) is 5.92 Å². The maximum absolute atomic E-state index is 11.3. The first-order valence-electron chi connectivity index (χ1n) is 6.22. The second kappa shape index (κ2) is 6.86. The van der Waals surface area contributed by atoms with Gasteiger partial charge in [0.25, 0.3) is 0 Å². The van der Waals surface area contributed by atoms with Crippen LogP contribution in [0.1, 0.15) is 20.8 Å². The topological polar surface area (TPSA) is 32.8 Å². The minimum Gasteiger partial charge on any atom is -0.465 e. The molecule has 0 amide bonds. The van der Waals surface area contributed by atoms with Gasteiger partial charge >= 0.3 is 5.97 Å². The van der Waals surface area contributed by atoms with Crippen LogP contribution < -0.4 is 0 Å². The van der Waals surface area contributed by atoms with Gasteiger partial charge in [-0.15, -0.1) is 0 Å². The molecule has 0 aliphatic carbocycles. The maximum Gasteiger partial charge on any atom is 0.320 e. The van der Waals surface area contributed by atoms with Crippen molar-refractivity contribution in [3.63, 3.8) is 0 Å². The highest BCUT2D eigenvalue weighted by Crippen LogP contribution is 2.05. The van der Waals surface area contributed by atoms with Gasteiger partial charge in [-0.2, -0.15) is 0 Å². The largest absolute Gasteiger partial charge is 0.465 e. The molecule has 0 spiro atoms. The standard InChI is InChI=1S/C12H24N2O2/c1-4-16-12(15)10-14-7-5-13(6-8-14)9-11(2)3/h11H,4-10H2,1-3H3. The summed E-state index contributed by atoms with van der Waals surface area (Å²) in [6.45, 7) is 12.5. The zero-order chi connectivity index (χ0) is 12.0. The average Bonchev–Trinajstić information content (AvgIpc) is 2.20. The Morgan fingerprint density at radius 3 is 2.25 bits per heavy atom. The first kappa shape index (κ1) is 13.5. The third-order valence-electron chi connectivity index (χ3n) is 2.75. The minimum absolute atomic E-state index is 0.0974. The Labute approximate surface area is 98.5 Å². The summed E-state index contributed by atoms with van der Waals surface area (Å²) in [7, 11) is 0. The number of carbonyl (C=O) groups excluding carboxylic acids is 1. The Kier molecular flexibility index (Phi) is 5.77. The van der Waals surface area contributed by atoms with E-state index in [1.807, 2.05) is 6.92 Å². The van der Waals surface area contributed by atoms with Gasteiger partial charge in [0.15, 0.2) is 0 Å². The third-order valence-corrected chi connectivity index (χ3v) is 2.75. The minimum atomic E-state index is -0.0974. The van der Waals surface area contributed by atoms with Crippen molar-refractivity contribution < 1.29 is 9.53 Å². The molecular formula is C12H24N2O2. The predicted octanol–water partition coefficient (Wildman–Crippen LogP) is 0.823. The third kappa shape index (κ3) is 4.94. The van der Waals surface area contributed by atoms with Gasteiger partial charge in [-0.3, -0.25) is 9.69 Å². The number of hydrogen-bond acceptors (Lipinski definition) is 4. The van der Waals surface area contributed by atoms with E-state index < -0.39 is 0 Å². The van der Waals surface area contributed by atoms with Gasteiger partial charge in [0.1, 0.15) is 0 Å². The van der Waals surface area contributed by atoms with E-state index in [0.717, 1.165) is 38.6 Å². The van der Waals surface area contributed by atoms with E-state index in [1.54, 1.807) is 0 Å². The molecule has 0 atom stereocenters. The zero-order valence-corrected chi connectivity index (χ0v) is 10.7. The second-order valence-electron chi connectivity index (χ2n) is 4.78. The van der Waals surface area contributed by atoms with Gasteiger partial charge in [0.2, 0.25) is 0 Å². The van der Waals surface area contributed by atoms with E-state index in [0.29, 0.717) is 13.2 Å². The molecule has 1 fully saturated rings. The van der Waals surface area contributed by atoms with E-state index in [1.165, 1.54) is 0 Å². The summed E-state index contributed by atoms with van der Waals surface area (Å²) in [5.74, 6) is 0.622. The molecule has 16 heavy (non-hydrogen) atoms. The molecule has 0 aromatic heterocycles. The van der Waals surface area contributed by atoms with Crippen LogP contribution in [0.25, 0.3) is 0 Å². The lowest BCUT2D eigenvalue weighted by atomic mass is 10.2. The molecule has 0 aromatic rings. The van der Waals surface area contributed by atoms with E-state index >= 15 is 0 Å². The highest BCUT2D eigenvalue weighted by Gasteiger charge is 2.19. The van der Waals surface area contributed by atoms with Gasteiger partial charge in [0, 0.05) is 32.7 Å². The Bertz CT molecular complexity index is 211. The highest BCUT2D eigenvalue weighted by molar-refractivity contribution is 5.71. The average molecular weight is 228 g/mol. The van der Waals surface area contributed by atoms with Gasteiger partial charge in [-0.25, -0.2) is 0 Å². The molecule has 0 N–H and O–H groups in total. The lowest BCUT2D eigenvalue weighted by molar-refractivity contribution is -0.144. The highest BCUT2D eigenvalue weighted by atomic mass is 16.5. The molecule has 0 saturated carbocycles. The molecule has 1 aliphatic heterocycles. The molecule has 4 heteroatoms. The van der Waals surface area contributed by atoms with Crippen LogP contribution in [0.5, 0.6) is 0 Å². The summed E-state index contributed by atoms with van der Waals surface area (Å²) in [5.41, 5.74) is 0. The Morgan fingerprint density at radius 1 is 1.19 bits per heavy atom. The fourth-order valence-electron chi connectivity index (χ4n) is 2.04. The summed E-state index contributed by atoms with van der Waals surface area (Å²) in [4.78, 5) is 15.9. The van der Waals surface area contributed by atoms with Crippen LogP contribution in [-0.2, 0) is 9.53 Å². The number of hydrogen-bond donors (Lipinski definition) is 0. The fourth-order valence-corrected chi connectivity index (χ4v) is 2.04. The SMILES string of the molecule is CCOC(=O)CN1CCN(CC(C)C)CC1. The van der Waals surface area contributed by atoms with E-state index in [9.17, 15) is 4.79 Å². The van der Waals surface area contributed by atoms with Crippen molar-refractivity contribution in [2.75, 3.05) is 45.9 Å². The Balaban J connectivity index is 2.19. The molecular weight excluding hydrogens is 204 g/mol. The van der Waals surface area contributed by atoms with Crippen LogP contribution in [0, 0.1) is 5.92 Å². The molecule has 1 heterocycles. The van der Waals surface area contributed by atoms with Crippen LogP contribution >= 0.6 is 0 Å². The maximum atomic E-state index is 11.3. The number of piperazine rings is 1. The number of esters is 1. The lowest BCUT2D eigenvalue weighted by Gasteiger charge is -2.34. The van der Waals surface area contributed by atoms with E-state index in [4.69, 9.17) is 4.74 Å². The van der Waals surface area contributed by atoms with Crippen molar-refractivity contribution in [2.45, 2.75) is 20.8 Å². The first-order valence-corrected chi connectivity index (χ1v) is 6.22. The summed E-state index contributed by atoms with van der Waals surface area (Å²) >= 11 is 0. The normalized spacial score (nSPS) is 19.0. The van der Waals surface area contributed by atoms with Gasteiger partial charge in [-0.1, -0.05) is 13.8 Å². The van der Waals surface area contributed by atoms with E-state index in [-0.39, 0.29) is 5.97 Å². The van der Waals surface area contributed by atoms with E-state index in [2.05, 4.69) is 23.6 Å². The molecule has 0 bridgehead atoms. The van der Waals surface area contributed by atoms with Crippen LogP contribution in [0.4, 0.5) is 0 Å². The molecule has 1 aliphatic rings. The van der Waals surface area contributed by atoms with Gasteiger partial charge in [0.05, 0.1) is 13.2 Å². The summed E-state index contributed by atoms with van der Waals surface area (Å²) in [5, 5.41) is 0. The van der Waals surface area contributed by atoms with Crippen molar-refractivity contribution in [1.29, 1.82) is 0 Å². The summed E-state index contributed by atoms with van der Waals surface area (Å²) < 4.78 is 4.94. The predicted molar refractivity (Wildman–Crippen MR) is 64.4 cm³/mol. The molecule has 0 radical (unpaired) electrons.